The van der Waals surface area contributed by atoms with E-state index in [-0.39, 0.29) is 5.54 Å². The first-order chi connectivity index (χ1) is 5.23. The number of rotatable bonds is 3. The second-order valence-corrected chi connectivity index (χ2v) is 3.01. The molecule has 0 spiro atoms. The summed E-state index contributed by atoms with van der Waals surface area (Å²) >= 11 is 0. The van der Waals surface area contributed by atoms with E-state index in [2.05, 4.69) is 18.9 Å². The van der Waals surface area contributed by atoms with Gasteiger partial charge in [-0.15, -0.1) is 0 Å². The summed E-state index contributed by atoms with van der Waals surface area (Å²) in [6.07, 6.45) is 4.74. The number of nitrogens with zero attached hydrogens (tertiary/aromatic N) is 2. The van der Waals surface area contributed by atoms with Gasteiger partial charge in [0.2, 0.25) is 0 Å². The zero-order chi connectivity index (χ0) is 8.32. The van der Waals surface area contributed by atoms with Crippen molar-refractivity contribution in [1.82, 2.24) is 9.78 Å². The molecule has 62 valence electrons. The Balaban J connectivity index is 2.87. The summed E-state index contributed by atoms with van der Waals surface area (Å²) in [5.41, 5.74) is 5.64. The molecule has 0 aliphatic heterocycles. The third-order valence-electron chi connectivity index (χ3n) is 2.26. The molecule has 0 amide bonds. The zero-order valence-electron chi connectivity index (χ0n) is 7.12. The molecule has 0 saturated heterocycles. The van der Waals surface area contributed by atoms with Crippen LogP contribution in [0.4, 0.5) is 0 Å². The van der Waals surface area contributed by atoms with E-state index in [0.29, 0.717) is 6.54 Å². The standard InChI is InChI=1S/C8H15N3/c1-3-8(2,7-9)11-6-4-5-10-11/h4-6H,3,7,9H2,1-2H3. The van der Waals surface area contributed by atoms with Gasteiger partial charge in [0.1, 0.15) is 0 Å². The van der Waals surface area contributed by atoms with Gasteiger partial charge in [-0.25, -0.2) is 0 Å². The monoisotopic (exact) mass is 153 g/mol. The van der Waals surface area contributed by atoms with Gasteiger partial charge in [0.25, 0.3) is 0 Å². The summed E-state index contributed by atoms with van der Waals surface area (Å²) in [4.78, 5) is 0. The lowest BCUT2D eigenvalue weighted by atomic mass is 10.00. The summed E-state index contributed by atoms with van der Waals surface area (Å²) in [6, 6.07) is 1.92. The molecule has 0 bridgehead atoms. The van der Waals surface area contributed by atoms with Crippen LogP contribution in [0.3, 0.4) is 0 Å². The Morgan fingerprint density at radius 3 is 2.73 bits per heavy atom. The Morgan fingerprint density at radius 2 is 2.36 bits per heavy atom. The maximum atomic E-state index is 5.65. The lowest BCUT2D eigenvalue weighted by Crippen LogP contribution is -2.37. The van der Waals surface area contributed by atoms with E-state index in [4.69, 9.17) is 5.73 Å². The van der Waals surface area contributed by atoms with Gasteiger partial charge in [-0.3, -0.25) is 4.68 Å². The van der Waals surface area contributed by atoms with Crippen LogP contribution in [0.1, 0.15) is 20.3 Å². The predicted molar refractivity (Wildman–Crippen MR) is 45.2 cm³/mol. The highest BCUT2D eigenvalue weighted by molar-refractivity contribution is 4.88. The molecule has 1 aromatic heterocycles. The first-order valence-corrected chi connectivity index (χ1v) is 3.93. The van der Waals surface area contributed by atoms with E-state index in [0.717, 1.165) is 6.42 Å². The molecule has 1 atom stereocenters. The van der Waals surface area contributed by atoms with Crippen molar-refractivity contribution < 1.29 is 0 Å². The van der Waals surface area contributed by atoms with Crippen LogP contribution in [0.2, 0.25) is 0 Å². The summed E-state index contributed by atoms with van der Waals surface area (Å²) < 4.78 is 1.92. The lowest BCUT2D eigenvalue weighted by Gasteiger charge is -2.26. The van der Waals surface area contributed by atoms with E-state index < -0.39 is 0 Å². The molecule has 2 N–H and O–H groups in total. The van der Waals surface area contributed by atoms with Crippen LogP contribution in [0.15, 0.2) is 18.5 Å². The van der Waals surface area contributed by atoms with Gasteiger partial charge in [0.15, 0.2) is 0 Å². The van der Waals surface area contributed by atoms with Crippen molar-refractivity contribution in [3.05, 3.63) is 18.5 Å². The minimum Gasteiger partial charge on any atom is -0.328 e. The van der Waals surface area contributed by atoms with E-state index in [9.17, 15) is 0 Å². The average molecular weight is 153 g/mol. The maximum absolute atomic E-state index is 5.65. The maximum Gasteiger partial charge on any atom is 0.0718 e. The van der Waals surface area contributed by atoms with Gasteiger partial charge in [-0.05, 0) is 19.4 Å². The van der Waals surface area contributed by atoms with Crippen LogP contribution in [0, 0.1) is 0 Å². The highest BCUT2D eigenvalue weighted by Gasteiger charge is 2.21. The molecule has 0 aliphatic rings. The van der Waals surface area contributed by atoms with E-state index >= 15 is 0 Å². The Morgan fingerprint density at radius 1 is 1.64 bits per heavy atom. The predicted octanol–water partition coefficient (Wildman–Crippen LogP) is 0.967. The molecular formula is C8H15N3. The summed E-state index contributed by atoms with van der Waals surface area (Å²) in [5.74, 6) is 0. The third kappa shape index (κ3) is 1.43. The van der Waals surface area contributed by atoms with Crippen LogP contribution < -0.4 is 5.73 Å². The van der Waals surface area contributed by atoms with E-state index in [1.54, 1.807) is 6.20 Å². The van der Waals surface area contributed by atoms with Crippen LogP contribution in [-0.2, 0) is 5.54 Å². The number of nitrogens with two attached hydrogens (primary N) is 1. The average Bonchev–Trinajstić information content (AvgIpc) is 2.55. The van der Waals surface area contributed by atoms with Gasteiger partial charge < -0.3 is 5.73 Å². The fraction of sp³-hybridized carbons (Fsp3) is 0.625. The van der Waals surface area contributed by atoms with Crippen molar-refractivity contribution in [2.24, 2.45) is 5.73 Å². The Bertz CT molecular complexity index is 199. The van der Waals surface area contributed by atoms with E-state index in [1.807, 2.05) is 16.9 Å². The largest absolute Gasteiger partial charge is 0.328 e. The minimum absolute atomic E-state index is 0.0104. The molecule has 0 saturated carbocycles. The second-order valence-electron chi connectivity index (χ2n) is 3.01. The fourth-order valence-electron chi connectivity index (χ4n) is 0.988. The zero-order valence-corrected chi connectivity index (χ0v) is 7.12. The molecule has 1 aromatic rings. The van der Waals surface area contributed by atoms with Gasteiger partial charge in [-0.2, -0.15) is 5.10 Å². The molecule has 0 fully saturated rings. The van der Waals surface area contributed by atoms with Crippen LogP contribution in [-0.4, -0.2) is 16.3 Å². The topological polar surface area (TPSA) is 43.8 Å². The van der Waals surface area contributed by atoms with Crippen LogP contribution in [0.25, 0.3) is 0 Å². The van der Waals surface area contributed by atoms with Crippen molar-refractivity contribution in [2.75, 3.05) is 6.54 Å². The lowest BCUT2D eigenvalue weighted by molar-refractivity contribution is 0.285. The quantitative estimate of drug-likeness (QED) is 0.703. The molecule has 1 unspecified atom stereocenters. The first kappa shape index (κ1) is 8.27. The summed E-state index contributed by atoms with van der Waals surface area (Å²) in [5, 5.41) is 4.17. The van der Waals surface area contributed by atoms with Crippen molar-refractivity contribution in [3.8, 4) is 0 Å². The molecule has 11 heavy (non-hydrogen) atoms. The van der Waals surface area contributed by atoms with Crippen molar-refractivity contribution in [3.63, 3.8) is 0 Å². The SMILES string of the molecule is CCC(C)(CN)n1cccn1. The van der Waals surface area contributed by atoms with Crippen LogP contribution >= 0.6 is 0 Å². The smallest absolute Gasteiger partial charge is 0.0718 e. The Hall–Kier alpha value is -0.830. The van der Waals surface area contributed by atoms with Gasteiger partial charge in [0, 0.05) is 18.9 Å². The Kier molecular flexibility index (Phi) is 2.29. The van der Waals surface area contributed by atoms with Gasteiger partial charge in [0.05, 0.1) is 5.54 Å². The van der Waals surface area contributed by atoms with Crippen molar-refractivity contribution >= 4 is 0 Å². The molecule has 3 heteroatoms. The van der Waals surface area contributed by atoms with Gasteiger partial charge in [-0.1, -0.05) is 6.92 Å². The van der Waals surface area contributed by atoms with Crippen molar-refractivity contribution in [1.29, 1.82) is 0 Å². The number of hydrogen-bond donors (Lipinski definition) is 1. The fourth-order valence-corrected chi connectivity index (χ4v) is 0.988. The van der Waals surface area contributed by atoms with Crippen molar-refractivity contribution in [2.45, 2.75) is 25.8 Å². The normalized spacial score (nSPS) is 16.3. The number of aromatic nitrogens is 2. The molecular weight excluding hydrogens is 138 g/mol. The second kappa shape index (κ2) is 3.05. The van der Waals surface area contributed by atoms with E-state index in [1.165, 1.54) is 0 Å². The number of hydrogen-bond acceptors (Lipinski definition) is 2. The minimum atomic E-state index is -0.0104. The highest BCUT2D eigenvalue weighted by Crippen LogP contribution is 2.16. The molecule has 0 aromatic carbocycles. The third-order valence-corrected chi connectivity index (χ3v) is 2.26. The molecule has 0 radical (unpaired) electrons. The first-order valence-electron chi connectivity index (χ1n) is 3.93. The molecule has 1 rings (SSSR count). The highest BCUT2D eigenvalue weighted by atomic mass is 15.3. The molecule has 1 heterocycles. The van der Waals surface area contributed by atoms with Crippen LogP contribution in [0.5, 0.6) is 0 Å². The molecule has 3 nitrogen and oxygen atoms in total. The molecule has 0 aliphatic carbocycles. The Labute approximate surface area is 67.2 Å². The summed E-state index contributed by atoms with van der Waals surface area (Å²) in [7, 11) is 0. The van der Waals surface area contributed by atoms with Gasteiger partial charge >= 0.3 is 0 Å². The summed E-state index contributed by atoms with van der Waals surface area (Å²) in [6.45, 7) is 4.86.